The van der Waals surface area contributed by atoms with E-state index in [-0.39, 0.29) is 6.42 Å². The van der Waals surface area contributed by atoms with E-state index in [1.165, 1.54) is 0 Å². The fraction of sp³-hybridized carbons (Fsp3) is 0.214. The number of ether oxygens (including phenoxy) is 1. The highest BCUT2D eigenvalue weighted by Gasteiger charge is 2.07. The molecule has 0 saturated carbocycles. The molecule has 0 unspecified atom stereocenters. The van der Waals surface area contributed by atoms with E-state index < -0.39 is 5.97 Å². The second kappa shape index (κ2) is 6.47. The molecule has 0 saturated heterocycles. The predicted molar refractivity (Wildman–Crippen MR) is 77.7 cm³/mol. The van der Waals surface area contributed by atoms with Gasteiger partial charge in [-0.1, -0.05) is 0 Å². The average molecular weight is 337 g/mol. The van der Waals surface area contributed by atoms with Crippen molar-refractivity contribution in [3.05, 3.63) is 40.8 Å². The van der Waals surface area contributed by atoms with E-state index in [0.717, 1.165) is 21.5 Å². The van der Waals surface area contributed by atoms with Crippen LogP contribution in [-0.4, -0.2) is 28.2 Å². The van der Waals surface area contributed by atoms with Crippen LogP contribution in [0.2, 0.25) is 0 Å². The summed E-state index contributed by atoms with van der Waals surface area (Å²) < 4.78 is 6.02. The maximum atomic E-state index is 10.6. The van der Waals surface area contributed by atoms with Gasteiger partial charge in [-0.3, -0.25) is 4.79 Å². The lowest BCUT2D eigenvalue weighted by Gasteiger charge is -2.07. The summed E-state index contributed by atoms with van der Waals surface area (Å²) >= 11 is 3.43. The Balaban J connectivity index is 2.26. The Kier molecular flexibility index (Phi) is 4.68. The molecule has 1 aromatic heterocycles. The van der Waals surface area contributed by atoms with Crippen LogP contribution in [0.1, 0.15) is 12.2 Å². The molecule has 1 aromatic carbocycles. The Morgan fingerprint density at radius 3 is 2.85 bits per heavy atom. The van der Waals surface area contributed by atoms with Gasteiger partial charge in [0.25, 0.3) is 0 Å². The number of aromatic nitrogens is 2. The van der Waals surface area contributed by atoms with Gasteiger partial charge in [0.1, 0.15) is 11.6 Å². The lowest BCUT2D eigenvalue weighted by molar-refractivity contribution is -0.137. The van der Waals surface area contributed by atoms with E-state index in [4.69, 9.17) is 9.84 Å². The predicted octanol–water partition coefficient (Wildman–Crippen LogP) is 2.93. The molecule has 0 amide bonds. The zero-order valence-electron chi connectivity index (χ0n) is 10.8. The molecule has 0 atom stereocenters. The van der Waals surface area contributed by atoms with Crippen molar-refractivity contribution in [3.63, 3.8) is 0 Å². The molecule has 20 heavy (non-hydrogen) atoms. The quantitative estimate of drug-likeness (QED) is 0.908. The molecule has 1 N–H and O–H groups in total. The first kappa shape index (κ1) is 14.5. The van der Waals surface area contributed by atoms with Crippen molar-refractivity contribution in [2.24, 2.45) is 0 Å². The van der Waals surface area contributed by atoms with Crippen LogP contribution in [0.5, 0.6) is 5.75 Å². The van der Waals surface area contributed by atoms with E-state index in [9.17, 15) is 4.79 Å². The number of hydrogen-bond donors (Lipinski definition) is 1. The summed E-state index contributed by atoms with van der Waals surface area (Å²) in [5.74, 6) is 0.414. The summed E-state index contributed by atoms with van der Waals surface area (Å²) in [6, 6.07) is 7.44. The normalized spacial score (nSPS) is 10.3. The van der Waals surface area contributed by atoms with Crippen LogP contribution in [0.25, 0.3) is 11.3 Å². The van der Waals surface area contributed by atoms with Crippen molar-refractivity contribution in [2.75, 3.05) is 7.11 Å². The Morgan fingerprint density at radius 2 is 2.20 bits per heavy atom. The number of halogens is 1. The van der Waals surface area contributed by atoms with Gasteiger partial charge in [0.2, 0.25) is 0 Å². The molecular weight excluding hydrogens is 324 g/mol. The van der Waals surface area contributed by atoms with Gasteiger partial charge in [-0.15, -0.1) is 0 Å². The van der Waals surface area contributed by atoms with Crippen LogP contribution < -0.4 is 4.74 Å². The highest BCUT2D eigenvalue weighted by Crippen LogP contribution is 2.29. The third kappa shape index (κ3) is 3.54. The molecule has 0 aliphatic rings. The van der Waals surface area contributed by atoms with Crippen molar-refractivity contribution in [2.45, 2.75) is 12.8 Å². The number of methoxy groups -OCH3 is 1. The van der Waals surface area contributed by atoms with E-state index >= 15 is 0 Å². The average Bonchev–Trinajstić information content (AvgIpc) is 2.45. The summed E-state index contributed by atoms with van der Waals surface area (Å²) in [4.78, 5) is 19.0. The highest BCUT2D eigenvalue weighted by molar-refractivity contribution is 9.10. The number of rotatable bonds is 5. The van der Waals surface area contributed by atoms with E-state index in [0.29, 0.717) is 12.2 Å². The first-order chi connectivity index (χ1) is 9.60. The topological polar surface area (TPSA) is 72.3 Å². The van der Waals surface area contributed by atoms with Gasteiger partial charge in [0.05, 0.1) is 23.7 Å². The van der Waals surface area contributed by atoms with Crippen LogP contribution in [0.15, 0.2) is 34.9 Å². The highest BCUT2D eigenvalue weighted by atomic mass is 79.9. The van der Waals surface area contributed by atoms with Gasteiger partial charge in [-0.25, -0.2) is 9.97 Å². The van der Waals surface area contributed by atoms with Crippen LogP contribution in [-0.2, 0) is 11.2 Å². The maximum Gasteiger partial charge on any atom is 0.303 e. The third-order valence-electron chi connectivity index (χ3n) is 2.72. The van der Waals surface area contributed by atoms with Gasteiger partial charge in [0.15, 0.2) is 0 Å². The lowest BCUT2D eigenvalue weighted by atomic mass is 10.1. The number of nitrogens with zero attached hydrogens (tertiary/aromatic N) is 2. The van der Waals surface area contributed by atoms with E-state index in [1.807, 2.05) is 18.2 Å². The molecule has 2 rings (SSSR count). The summed E-state index contributed by atoms with van der Waals surface area (Å²) in [6.45, 7) is 0. The minimum atomic E-state index is -0.855. The minimum Gasteiger partial charge on any atom is -0.496 e. The first-order valence-electron chi connectivity index (χ1n) is 5.98. The summed E-state index contributed by atoms with van der Waals surface area (Å²) in [7, 11) is 1.61. The second-order valence-corrected chi connectivity index (χ2v) is 4.96. The fourth-order valence-corrected chi connectivity index (χ4v) is 2.27. The van der Waals surface area contributed by atoms with Gasteiger partial charge >= 0.3 is 5.97 Å². The Labute approximate surface area is 124 Å². The third-order valence-corrected chi connectivity index (χ3v) is 3.34. The van der Waals surface area contributed by atoms with Gasteiger partial charge in [0, 0.05) is 18.2 Å². The van der Waals surface area contributed by atoms with Crippen molar-refractivity contribution in [1.29, 1.82) is 0 Å². The molecule has 0 aliphatic carbocycles. The van der Waals surface area contributed by atoms with Gasteiger partial charge in [-0.05, 0) is 40.2 Å². The van der Waals surface area contributed by atoms with Crippen molar-refractivity contribution in [3.8, 4) is 17.0 Å². The largest absolute Gasteiger partial charge is 0.496 e. The lowest BCUT2D eigenvalue weighted by Crippen LogP contribution is -2.02. The molecule has 1 heterocycles. The van der Waals surface area contributed by atoms with Crippen LogP contribution in [0.4, 0.5) is 0 Å². The Bertz CT molecular complexity index is 632. The Morgan fingerprint density at radius 1 is 1.40 bits per heavy atom. The maximum absolute atomic E-state index is 10.6. The standard InChI is InChI=1S/C14H13BrN2O3/c1-20-12-3-2-9(8-10(12)15)11-6-7-16-13(17-11)4-5-14(18)19/h2-3,6-8H,4-5H2,1H3,(H,18,19). The molecule has 2 aromatic rings. The zero-order valence-corrected chi connectivity index (χ0v) is 12.4. The number of hydrogen-bond acceptors (Lipinski definition) is 4. The monoisotopic (exact) mass is 336 g/mol. The molecular formula is C14H13BrN2O3. The smallest absolute Gasteiger partial charge is 0.303 e. The zero-order chi connectivity index (χ0) is 14.5. The van der Waals surface area contributed by atoms with E-state index in [1.54, 1.807) is 19.4 Å². The van der Waals surface area contributed by atoms with Crippen LogP contribution in [0, 0.1) is 0 Å². The molecule has 0 spiro atoms. The van der Waals surface area contributed by atoms with Gasteiger partial charge in [-0.2, -0.15) is 0 Å². The number of carbonyl (C=O) groups is 1. The number of aryl methyl sites for hydroxylation is 1. The van der Waals surface area contributed by atoms with E-state index in [2.05, 4.69) is 25.9 Å². The molecule has 104 valence electrons. The Hall–Kier alpha value is -1.95. The molecule has 6 heteroatoms. The molecule has 0 radical (unpaired) electrons. The summed E-state index contributed by atoms with van der Waals surface area (Å²) in [5, 5.41) is 8.68. The van der Waals surface area contributed by atoms with Gasteiger partial charge < -0.3 is 9.84 Å². The van der Waals surface area contributed by atoms with Crippen molar-refractivity contribution >= 4 is 21.9 Å². The fourth-order valence-electron chi connectivity index (χ4n) is 1.72. The number of aliphatic carboxylic acids is 1. The summed E-state index contributed by atoms with van der Waals surface area (Å²) in [5.41, 5.74) is 1.67. The SMILES string of the molecule is COc1ccc(-c2ccnc(CCC(=O)O)n2)cc1Br. The number of carboxylic acids is 1. The van der Waals surface area contributed by atoms with Crippen LogP contribution >= 0.6 is 15.9 Å². The molecule has 5 nitrogen and oxygen atoms in total. The molecule has 0 aliphatic heterocycles. The second-order valence-electron chi connectivity index (χ2n) is 4.10. The number of benzene rings is 1. The van der Waals surface area contributed by atoms with Crippen LogP contribution in [0.3, 0.4) is 0 Å². The number of carboxylic acid groups (broad SMARTS) is 1. The molecule has 0 bridgehead atoms. The van der Waals surface area contributed by atoms with Crippen molar-refractivity contribution < 1.29 is 14.6 Å². The molecule has 0 fully saturated rings. The minimum absolute atomic E-state index is 0.0236. The van der Waals surface area contributed by atoms with Crippen molar-refractivity contribution in [1.82, 2.24) is 9.97 Å². The first-order valence-corrected chi connectivity index (χ1v) is 6.77. The summed E-state index contributed by atoms with van der Waals surface area (Å²) in [6.07, 6.45) is 1.98.